The normalized spacial score (nSPS) is 11.1. The second-order valence-electron chi connectivity index (χ2n) is 4.83. The largest absolute Gasteiger partial charge is 0.347 e. The number of benzene rings is 1. The van der Waals surface area contributed by atoms with Crippen LogP contribution in [0.5, 0.6) is 0 Å². The summed E-state index contributed by atoms with van der Waals surface area (Å²) in [6, 6.07) is 6.21. The Bertz CT molecular complexity index is 455. The topological polar surface area (TPSA) is 84.3 Å². The summed E-state index contributed by atoms with van der Waals surface area (Å²) >= 11 is 0. The molecule has 0 fully saturated rings. The quantitative estimate of drug-likeness (QED) is 0.604. The molecule has 1 aromatic carbocycles. The number of nitrogens with zero attached hydrogens (tertiary/aromatic N) is 1. The standard InChI is InChI=1S/C13H19N3O3/c1-13(2,15-12(17)8-9-14-3)10-4-6-11(7-5-10)16(18)19/h4-7,14H,8-9H2,1-3H3,(H,15,17). The van der Waals surface area contributed by atoms with Gasteiger partial charge in [-0.15, -0.1) is 0 Å². The zero-order valence-electron chi connectivity index (χ0n) is 11.4. The Morgan fingerprint density at radius 1 is 1.32 bits per heavy atom. The molecule has 0 aromatic heterocycles. The molecular formula is C13H19N3O3. The molecule has 1 amide bonds. The van der Waals surface area contributed by atoms with Crippen molar-refractivity contribution in [1.82, 2.24) is 10.6 Å². The van der Waals surface area contributed by atoms with Crippen molar-refractivity contribution < 1.29 is 9.72 Å². The van der Waals surface area contributed by atoms with E-state index in [2.05, 4.69) is 10.6 Å². The highest BCUT2D eigenvalue weighted by molar-refractivity contribution is 5.77. The van der Waals surface area contributed by atoms with E-state index in [0.29, 0.717) is 13.0 Å². The Morgan fingerprint density at radius 2 is 1.89 bits per heavy atom. The molecule has 0 spiro atoms. The van der Waals surface area contributed by atoms with Crippen LogP contribution in [0.4, 0.5) is 5.69 Å². The average Bonchev–Trinajstić information content (AvgIpc) is 2.36. The van der Waals surface area contributed by atoms with Crippen molar-refractivity contribution >= 4 is 11.6 Å². The van der Waals surface area contributed by atoms with Gasteiger partial charge in [-0.2, -0.15) is 0 Å². The van der Waals surface area contributed by atoms with E-state index in [9.17, 15) is 14.9 Å². The third-order valence-electron chi connectivity index (χ3n) is 2.85. The molecule has 0 bridgehead atoms. The van der Waals surface area contributed by atoms with E-state index in [1.165, 1.54) is 12.1 Å². The van der Waals surface area contributed by atoms with Gasteiger partial charge < -0.3 is 10.6 Å². The van der Waals surface area contributed by atoms with Gasteiger partial charge >= 0.3 is 0 Å². The molecular weight excluding hydrogens is 246 g/mol. The molecule has 0 aliphatic rings. The van der Waals surface area contributed by atoms with E-state index >= 15 is 0 Å². The number of nitro benzene ring substituents is 1. The van der Waals surface area contributed by atoms with Crippen molar-refractivity contribution in [3.63, 3.8) is 0 Å². The van der Waals surface area contributed by atoms with E-state index in [1.54, 1.807) is 19.2 Å². The second kappa shape index (κ2) is 6.29. The van der Waals surface area contributed by atoms with Crippen LogP contribution < -0.4 is 10.6 Å². The number of hydrogen-bond donors (Lipinski definition) is 2. The van der Waals surface area contributed by atoms with Gasteiger partial charge in [0.2, 0.25) is 5.91 Å². The lowest BCUT2D eigenvalue weighted by molar-refractivity contribution is -0.384. The Hall–Kier alpha value is -1.95. The van der Waals surface area contributed by atoms with Crippen LogP contribution in [0.15, 0.2) is 24.3 Å². The molecule has 0 aliphatic carbocycles. The number of rotatable bonds is 6. The van der Waals surface area contributed by atoms with E-state index in [-0.39, 0.29) is 11.6 Å². The van der Waals surface area contributed by atoms with Crippen molar-refractivity contribution in [1.29, 1.82) is 0 Å². The van der Waals surface area contributed by atoms with Crippen LogP contribution in [-0.2, 0) is 10.3 Å². The fourth-order valence-electron chi connectivity index (χ4n) is 1.72. The molecule has 0 saturated carbocycles. The van der Waals surface area contributed by atoms with Crippen LogP contribution in [-0.4, -0.2) is 24.4 Å². The van der Waals surface area contributed by atoms with Crippen LogP contribution in [0.3, 0.4) is 0 Å². The number of amides is 1. The Labute approximate surface area is 112 Å². The molecule has 1 rings (SSSR count). The molecule has 0 radical (unpaired) electrons. The summed E-state index contributed by atoms with van der Waals surface area (Å²) in [7, 11) is 1.79. The first kappa shape index (κ1) is 15.1. The zero-order chi connectivity index (χ0) is 14.5. The predicted octanol–water partition coefficient (Wildman–Crippen LogP) is 1.56. The minimum absolute atomic E-state index is 0.0426. The first-order valence-corrected chi connectivity index (χ1v) is 6.07. The van der Waals surface area contributed by atoms with Crippen LogP contribution in [0, 0.1) is 10.1 Å². The predicted molar refractivity (Wildman–Crippen MR) is 72.8 cm³/mol. The van der Waals surface area contributed by atoms with E-state index < -0.39 is 10.5 Å². The number of hydrogen-bond acceptors (Lipinski definition) is 4. The molecule has 0 heterocycles. The molecule has 0 aliphatic heterocycles. The van der Waals surface area contributed by atoms with E-state index in [1.807, 2.05) is 13.8 Å². The van der Waals surface area contributed by atoms with Crippen molar-refractivity contribution in [2.24, 2.45) is 0 Å². The highest BCUT2D eigenvalue weighted by atomic mass is 16.6. The number of non-ortho nitro benzene ring substituents is 1. The first-order valence-electron chi connectivity index (χ1n) is 6.07. The molecule has 104 valence electrons. The summed E-state index contributed by atoms with van der Waals surface area (Å²) < 4.78 is 0. The van der Waals surface area contributed by atoms with Gasteiger partial charge in [0.05, 0.1) is 10.5 Å². The van der Waals surface area contributed by atoms with Crippen molar-refractivity contribution in [2.75, 3.05) is 13.6 Å². The lowest BCUT2D eigenvalue weighted by atomic mass is 9.94. The highest BCUT2D eigenvalue weighted by Crippen LogP contribution is 2.22. The molecule has 0 unspecified atom stereocenters. The van der Waals surface area contributed by atoms with Gasteiger partial charge in [-0.25, -0.2) is 0 Å². The van der Waals surface area contributed by atoms with E-state index in [0.717, 1.165) is 5.56 Å². The van der Waals surface area contributed by atoms with Crippen molar-refractivity contribution in [3.05, 3.63) is 39.9 Å². The first-order chi connectivity index (χ1) is 8.86. The zero-order valence-corrected chi connectivity index (χ0v) is 11.4. The summed E-state index contributed by atoms with van der Waals surface area (Å²) in [5.74, 6) is -0.0577. The maximum Gasteiger partial charge on any atom is 0.269 e. The lowest BCUT2D eigenvalue weighted by Crippen LogP contribution is -2.41. The summed E-state index contributed by atoms with van der Waals surface area (Å²) in [6.45, 7) is 4.35. The molecule has 6 heteroatoms. The number of nitro groups is 1. The number of nitrogens with one attached hydrogen (secondary N) is 2. The number of carbonyl (C=O) groups is 1. The van der Waals surface area contributed by atoms with E-state index in [4.69, 9.17) is 0 Å². The molecule has 2 N–H and O–H groups in total. The molecule has 0 atom stereocenters. The fraction of sp³-hybridized carbons (Fsp3) is 0.462. The third-order valence-corrected chi connectivity index (χ3v) is 2.85. The number of carbonyl (C=O) groups excluding carboxylic acids is 1. The fourth-order valence-corrected chi connectivity index (χ4v) is 1.72. The minimum Gasteiger partial charge on any atom is -0.347 e. The highest BCUT2D eigenvalue weighted by Gasteiger charge is 2.23. The maximum atomic E-state index is 11.7. The van der Waals surface area contributed by atoms with Gasteiger partial charge in [0, 0.05) is 25.1 Å². The van der Waals surface area contributed by atoms with Gasteiger partial charge in [-0.05, 0) is 38.6 Å². The van der Waals surface area contributed by atoms with Gasteiger partial charge in [0.25, 0.3) is 5.69 Å². The lowest BCUT2D eigenvalue weighted by Gasteiger charge is -2.27. The van der Waals surface area contributed by atoms with Gasteiger partial charge in [0.1, 0.15) is 0 Å². The molecule has 19 heavy (non-hydrogen) atoms. The maximum absolute atomic E-state index is 11.7. The van der Waals surface area contributed by atoms with Gasteiger partial charge in [-0.3, -0.25) is 14.9 Å². The summed E-state index contributed by atoms with van der Waals surface area (Å²) in [5.41, 5.74) is 0.317. The van der Waals surface area contributed by atoms with Gasteiger partial charge in [-0.1, -0.05) is 0 Å². The van der Waals surface area contributed by atoms with Crippen LogP contribution in [0.1, 0.15) is 25.8 Å². The molecule has 0 saturated heterocycles. The summed E-state index contributed by atoms with van der Waals surface area (Å²) in [4.78, 5) is 21.9. The Kier molecular flexibility index (Phi) is 5.00. The minimum atomic E-state index is -0.556. The van der Waals surface area contributed by atoms with Crippen molar-refractivity contribution in [2.45, 2.75) is 25.8 Å². The molecule has 1 aromatic rings. The average molecular weight is 265 g/mol. The Balaban J connectivity index is 2.76. The van der Waals surface area contributed by atoms with Gasteiger partial charge in [0.15, 0.2) is 0 Å². The van der Waals surface area contributed by atoms with Crippen molar-refractivity contribution in [3.8, 4) is 0 Å². The van der Waals surface area contributed by atoms with Crippen LogP contribution >= 0.6 is 0 Å². The second-order valence-corrected chi connectivity index (χ2v) is 4.83. The monoisotopic (exact) mass is 265 g/mol. The van der Waals surface area contributed by atoms with Crippen LogP contribution in [0.2, 0.25) is 0 Å². The third kappa shape index (κ3) is 4.33. The molecule has 6 nitrogen and oxygen atoms in total. The summed E-state index contributed by atoms with van der Waals surface area (Å²) in [6.07, 6.45) is 0.396. The SMILES string of the molecule is CNCCC(=O)NC(C)(C)c1ccc([N+](=O)[O-])cc1. The summed E-state index contributed by atoms with van der Waals surface area (Å²) in [5, 5.41) is 16.4. The smallest absolute Gasteiger partial charge is 0.269 e. The Morgan fingerprint density at radius 3 is 2.37 bits per heavy atom. The van der Waals surface area contributed by atoms with Crippen LogP contribution in [0.25, 0.3) is 0 Å².